The summed E-state index contributed by atoms with van der Waals surface area (Å²) in [6.07, 6.45) is 15.1. The third kappa shape index (κ3) is 8.38. The summed E-state index contributed by atoms with van der Waals surface area (Å²) < 4.78 is 13.9. The van der Waals surface area contributed by atoms with E-state index in [1.807, 2.05) is 18.2 Å². The van der Waals surface area contributed by atoms with Crippen molar-refractivity contribution in [2.24, 2.45) is 22.4 Å². The predicted molar refractivity (Wildman–Crippen MR) is 152 cm³/mol. The number of nitrogens with one attached hydrogen (secondary N) is 1. The van der Waals surface area contributed by atoms with Crippen LogP contribution in [-0.4, -0.2) is 51.3 Å². The number of benzene rings is 1. The van der Waals surface area contributed by atoms with Crippen LogP contribution in [0.25, 0.3) is 11.8 Å². The molecule has 1 aromatic heterocycles. The molecule has 11 heteroatoms. The van der Waals surface area contributed by atoms with Crippen molar-refractivity contribution in [1.29, 1.82) is 0 Å². The van der Waals surface area contributed by atoms with Crippen LogP contribution >= 0.6 is 12.2 Å². The molecule has 1 amide bonds. The van der Waals surface area contributed by atoms with Crippen molar-refractivity contribution >= 4 is 47.6 Å². The zero-order chi connectivity index (χ0) is 26.5. The lowest BCUT2D eigenvalue weighted by atomic mass is 9.91. The Kier molecular flexibility index (Phi) is 11.5. The molecule has 7 N–H and O–H groups in total. The lowest BCUT2D eigenvalue weighted by Crippen LogP contribution is -2.35. The van der Waals surface area contributed by atoms with E-state index in [0.29, 0.717) is 41.9 Å². The van der Waals surface area contributed by atoms with E-state index in [1.165, 1.54) is 25.7 Å². The number of aliphatic hydroxyl groups excluding tert-OH is 1. The summed E-state index contributed by atoms with van der Waals surface area (Å²) in [5, 5.41) is 13.8. The lowest BCUT2D eigenvalue weighted by molar-refractivity contribution is -0.106. The number of carbonyl (C=O) groups excluding carboxylic acids is 1. The number of carbonyl (C=O) groups is 1. The number of fused-ring (bicyclic) bond motifs is 4. The van der Waals surface area contributed by atoms with Crippen molar-refractivity contribution in [2.45, 2.75) is 45.1 Å². The number of primary amides is 1. The summed E-state index contributed by atoms with van der Waals surface area (Å²) >= 11 is 0.612. The number of amidine groups is 1. The summed E-state index contributed by atoms with van der Waals surface area (Å²) in [5.74, 6) is 1.13. The molecular formula is C26H37N7O3S. The Labute approximate surface area is 222 Å². The van der Waals surface area contributed by atoms with Crippen LogP contribution in [0.15, 0.2) is 47.6 Å². The SMILES string of the molecule is NC1=NCCCCCC2CCCN(C2)c2cc(NSO)ccc2/C=C/C=C\1n1ccc(CO)n1.NC=O. The number of anilines is 2. The minimum absolute atomic E-state index is 0.125. The Hall–Kier alpha value is -3.28. The zero-order valence-electron chi connectivity index (χ0n) is 21.0. The van der Waals surface area contributed by atoms with Crippen LogP contribution in [0.1, 0.15) is 49.8 Å². The van der Waals surface area contributed by atoms with Gasteiger partial charge < -0.3 is 30.7 Å². The number of piperidine rings is 1. The molecule has 37 heavy (non-hydrogen) atoms. The van der Waals surface area contributed by atoms with Crippen LogP contribution in [-0.2, 0) is 11.4 Å². The highest BCUT2D eigenvalue weighted by Gasteiger charge is 2.21. The Morgan fingerprint density at radius 2 is 2.00 bits per heavy atom. The van der Waals surface area contributed by atoms with Crippen molar-refractivity contribution in [2.75, 3.05) is 29.3 Å². The normalized spacial score (nSPS) is 20.8. The number of hydrogen-bond donors (Lipinski definition) is 5. The van der Waals surface area contributed by atoms with Gasteiger partial charge in [0.05, 0.1) is 12.3 Å². The van der Waals surface area contributed by atoms with Crippen LogP contribution in [0.5, 0.6) is 0 Å². The molecule has 0 saturated carbocycles. The molecule has 0 aliphatic carbocycles. The molecule has 2 bridgehead atoms. The molecule has 1 fully saturated rings. The molecule has 10 nitrogen and oxygen atoms in total. The number of nitrogens with two attached hydrogens (primary N) is 2. The first kappa shape index (κ1) is 28.3. The average molecular weight is 528 g/mol. The second-order valence-electron chi connectivity index (χ2n) is 8.99. The van der Waals surface area contributed by atoms with E-state index in [2.05, 4.69) is 43.7 Å². The number of rotatable bonds is 4. The molecular weight excluding hydrogens is 490 g/mol. The summed E-state index contributed by atoms with van der Waals surface area (Å²) in [4.78, 5) is 15.7. The molecule has 2 aliphatic heterocycles. The third-order valence-corrected chi connectivity index (χ3v) is 6.78. The molecule has 2 aliphatic rings. The highest BCUT2D eigenvalue weighted by atomic mass is 32.2. The second-order valence-corrected chi connectivity index (χ2v) is 9.38. The van der Waals surface area contributed by atoms with Crippen molar-refractivity contribution in [3.63, 3.8) is 0 Å². The maximum Gasteiger partial charge on any atom is 0.204 e. The number of aliphatic hydroxyl groups is 1. The molecule has 4 rings (SSSR count). The third-order valence-electron chi connectivity index (χ3n) is 6.45. The topological polar surface area (TPSA) is 155 Å². The van der Waals surface area contributed by atoms with Crippen LogP contribution in [0.2, 0.25) is 0 Å². The standard InChI is InChI=1S/C25H34N6O2S.CH3NO/c26-25-23(31-15-12-22(18-32)28-31)9-4-8-20-10-11-21(29-34-33)16-24(20)30-14-5-7-19(17-30)6-2-1-3-13-27-25;2-1-3/h4,8-12,15-16,19,29,32-33H,1-3,5-7,13-14,17-18H2,(H2,26,27);1H,(H2,2,3)/b8-4+,23-9+;. The molecule has 1 atom stereocenters. The number of aliphatic imine (C=N–C) groups is 1. The minimum atomic E-state index is -0.125. The molecule has 1 saturated heterocycles. The fourth-order valence-electron chi connectivity index (χ4n) is 4.70. The van der Waals surface area contributed by atoms with Gasteiger partial charge in [-0.3, -0.25) is 9.79 Å². The molecule has 0 radical (unpaired) electrons. The molecule has 3 heterocycles. The smallest absolute Gasteiger partial charge is 0.204 e. The molecule has 1 unspecified atom stereocenters. The average Bonchev–Trinajstić information content (AvgIpc) is 3.38. The number of allylic oxidation sites excluding steroid dienone is 2. The summed E-state index contributed by atoms with van der Waals surface area (Å²) in [6.45, 7) is 2.66. The Morgan fingerprint density at radius 3 is 2.76 bits per heavy atom. The van der Waals surface area contributed by atoms with E-state index in [0.717, 1.165) is 42.9 Å². The maximum atomic E-state index is 9.42. The number of aromatic nitrogens is 2. The van der Waals surface area contributed by atoms with Crippen molar-refractivity contribution in [1.82, 2.24) is 9.78 Å². The van der Waals surface area contributed by atoms with Gasteiger partial charge in [-0.05, 0) is 61.4 Å². The fourth-order valence-corrected chi connectivity index (χ4v) is 4.93. The number of hydrogen-bond acceptors (Lipinski definition) is 9. The summed E-state index contributed by atoms with van der Waals surface area (Å²) in [7, 11) is 0. The van der Waals surface area contributed by atoms with Gasteiger partial charge in [0.2, 0.25) is 6.41 Å². The van der Waals surface area contributed by atoms with Gasteiger partial charge >= 0.3 is 0 Å². The lowest BCUT2D eigenvalue weighted by Gasteiger charge is -2.35. The maximum absolute atomic E-state index is 9.42. The Morgan fingerprint density at radius 1 is 1.19 bits per heavy atom. The van der Waals surface area contributed by atoms with Gasteiger partial charge in [-0.25, -0.2) is 4.68 Å². The minimum Gasteiger partial charge on any atom is -0.390 e. The van der Waals surface area contributed by atoms with Gasteiger partial charge in [-0.15, -0.1) is 0 Å². The summed E-state index contributed by atoms with van der Waals surface area (Å²) in [5.41, 5.74) is 14.9. The molecule has 200 valence electrons. The van der Waals surface area contributed by atoms with E-state index in [4.69, 9.17) is 10.5 Å². The van der Waals surface area contributed by atoms with E-state index >= 15 is 0 Å². The van der Waals surface area contributed by atoms with Crippen molar-refractivity contribution in [3.8, 4) is 0 Å². The fraction of sp³-hybridized carbons (Fsp3) is 0.423. The van der Waals surface area contributed by atoms with Crippen LogP contribution in [0.4, 0.5) is 11.4 Å². The second kappa shape index (κ2) is 15.1. The first-order chi connectivity index (χ1) is 18.1. The van der Waals surface area contributed by atoms with Crippen molar-refractivity contribution < 1.29 is 14.5 Å². The quantitative estimate of drug-likeness (QED) is 0.229. The highest BCUT2D eigenvalue weighted by Crippen LogP contribution is 2.32. The molecule has 1 aromatic carbocycles. The predicted octanol–water partition coefficient (Wildman–Crippen LogP) is 3.71. The van der Waals surface area contributed by atoms with Crippen LogP contribution in [0.3, 0.4) is 0 Å². The van der Waals surface area contributed by atoms with E-state index in [-0.39, 0.29) is 13.0 Å². The zero-order valence-corrected chi connectivity index (χ0v) is 21.8. The largest absolute Gasteiger partial charge is 0.390 e. The van der Waals surface area contributed by atoms with Crippen LogP contribution in [0, 0.1) is 5.92 Å². The highest BCUT2D eigenvalue weighted by molar-refractivity contribution is 7.95. The van der Waals surface area contributed by atoms with Gasteiger partial charge in [0.15, 0.2) is 0 Å². The van der Waals surface area contributed by atoms with E-state index in [1.54, 1.807) is 16.9 Å². The van der Waals surface area contributed by atoms with Crippen LogP contribution < -0.4 is 21.1 Å². The van der Waals surface area contributed by atoms with Gasteiger partial charge in [0, 0.05) is 37.2 Å². The van der Waals surface area contributed by atoms with E-state index < -0.39 is 0 Å². The number of amides is 1. The van der Waals surface area contributed by atoms with Gasteiger partial charge in [0.25, 0.3) is 0 Å². The summed E-state index contributed by atoms with van der Waals surface area (Å²) in [6, 6.07) is 7.91. The van der Waals surface area contributed by atoms with Crippen molar-refractivity contribution in [3.05, 3.63) is 53.9 Å². The van der Waals surface area contributed by atoms with E-state index in [9.17, 15) is 9.66 Å². The molecule has 0 spiro atoms. The Bertz CT molecular complexity index is 1100. The van der Waals surface area contributed by atoms with Gasteiger partial charge in [-0.1, -0.05) is 31.1 Å². The van der Waals surface area contributed by atoms with Gasteiger partial charge in [0.1, 0.15) is 23.8 Å². The monoisotopic (exact) mass is 527 g/mol. The number of nitrogens with zero attached hydrogens (tertiary/aromatic N) is 4. The Balaban J connectivity index is 0.00000121. The van der Waals surface area contributed by atoms with Gasteiger partial charge in [-0.2, -0.15) is 5.10 Å². The molecule has 2 aromatic rings. The first-order valence-corrected chi connectivity index (χ1v) is 13.3. The first-order valence-electron chi connectivity index (χ1n) is 12.5.